The number of phosphoric acid groups is 1. The molecule has 1 N–H and O–H groups in total. The molecule has 0 rings (SSSR count). The maximum atomic E-state index is 12.6. The lowest BCUT2D eigenvalue weighted by atomic mass is 10.0. The number of carbonyl (C=O) groups is 2. The summed E-state index contributed by atoms with van der Waals surface area (Å²) in [5, 5.41) is 0. The molecule has 0 saturated heterocycles. The van der Waals surface area contributed by atoms with Crippen molar-refractivity contribution in [3.8, 4) is 0 Å². The maximum absolute atomic E-state index is 12.6. The van der Waals surface area contributed by atoms with Gasteiger partial charge >= 0.3 is 19.8 Å². The third-order valence-electron chi connectivity index (χ3n) is 8.48. The Hall–Kier alpha value is -1.51. The van der Waals surface area contributed by atoms with Crippen LogP contribution in [0.15, 0.2) is 24.3 Å². The third kappa shape index (κ3) is 36.3. The van der Waals surface area contributed by atoms with E-state index >= 15 is 0 Å². The molecule has 0 heterocycles. The quantitative estimate of drug-likeness (QED) is 0.0223. The van der Waals surface area contributed by atoms with E-state index in [1.54, 1.807) is 0 Å². The second-order valence-electron chi connectivity index (χ2n) is 14.7. The highest BCUT2D eigenvalue weighted by Gasteiger charge is 2.27. The zero-order valence-electron chi connectivity index (χ0n) is 32.9. The number of rotatable bonds is 36. The highest BCUT2D eigenvalue weighted by Crippen LogP contribution is 2.43. The molecule has 0 spiro atoms. The molecule has 0 aliphatic rings. The topological polar surface area (TPSA) is 108 Å². The lowest BCUT2D eigenvalue weighted by Crippen LogP contribution is -2.37. The summed E-state index contributed by atoms with van der Waals surface area (Å²) in [6.07, 6.45) is 33.6. The number of phosphoric ester groups is 1. The molecular formula is C40H77NO8P+. The average Bonchev–Trinajstić information content (AvgIpc) is 3.06. The first-order chi connectivity index (χ1) is 24.0. The number of nitrogens with zero attached hydrogens (tertiary/aromatic N) is 1. The second kappa shape index (κ2) is 33.3. The number of allylic oxidation sites excluding steroid dienone is 4. The summed E-state index contributed by atoms with van der Waals surface area (Å²) in [5.41, 5.74) is 0. The third-order valence-corrected chi connectivity index (χ3v) is 9.47. The van der Waals surface area contributed by atoms with Crippen LogP contribution >= 0.6 is 7.82 Å². The van der Waals surface area contributed by atoms with Gasteiger partial charge in [0, 0.05) is 12.8 Å². The van der Waals surface area contributed by atoms with E-state index in [9.17, 15) is 19.0 Å². The summed E-state index contributed by atoms with van der Waals surface area (Å²) in [6, 6.07) is 0. The molecule has 294 valence electrons. The van der Waals surface area contributed by atoms with Crippen molar-refractivity contribution in [2.45, 2.75) is 174 Å². The van der Waals surface area contributed by atoms with Crippen molar-refractivity contribution in [3.05, 3.63) is 24.3 Å². The summed E-state index contributed by atoms with van der Waals surface area (Å²) in [7, 11) is 1.47. The van der Waals surface area contributed by atoms with Crippen LogP contribution < -0.4 is 0 Å². The Labute approximate surface area is 307 Å². The number of hydrogen-bond acceptors (Lipinski definition) is 7. The Balaban J connectivity index is 4.44. The lowest BCUT2D eigenvalue weighted by Gasteiger charge is -2.24. The van der Waals surface area contributed by atoms with E-state index in [1.807, 2.05) is 21.1 Å². The van der Waals surface area contributed by atoms with Gasteiger partial charge in [0.1, 0.15) is 19.8 Å². The number of unbranched alkanes of at least 4 members (excludes halogenated alkanes) is 18. The number of esters is 2. The minimum atomic E-state index is -4.37. The van der Waals surface area contributed by atoms with Crippen molar-refractivity contribution >= 4 is 19.8 Å². The molecule has 0 aromatic rings. The summed E-state index contributed by atoms with van der Waals surface area (Å²) in [4.78, 5) is 35.2. The Morgan fingerprint density at radius 2 is 1.10 bits per heavy atom. The molecule has 0 aromatic carbocycles. The van der Waals surface area contributed by atoms with E-state index in [-0.39, 0.29) is 32.0 Å². The first kappa shape index (κ1) is 48.5. The van der Waals surface area contributed by atoms with Crippen molar-refractivity contribution in [1.82, 2.24) is 0 Å². The second-order valence-corrected chi connectivity index (χ2v) is 16.1. The summed E-state index contributed by atoms with van der Waals surface area (Å²) >= 11 is 0. The Kier molecular flexibility index (Phi) is 32.3. The standard InChI is InChI=1S/C40H76NO8P/c1-6-8-10-12-14-16-18-20-21-23-25-27-29-31-33-40(43)49-38(37-48-50(44,45)47-35-34-41(3,4)5)36-46-39(42)32-30-28-26-24-22-19-17-15-13-11-9-7-2/h12,14,18,20,38H,6-11,13,15-17,19,21-37H2,1-5H3/p+1/b14-12+,20-18+/t38-/m1/s1. The number of carbonyl (C=O) groups excluding carboxylic acids is 2. The minimum Gasteiger partial charge on any atom is -0.462 e. The number of quaternary nitrogens is 1. The molecule has 10 heteroatoms. The molecule has 9 nitrogen and oxygen atoms in total. The molecule has 0 aromatic heterocycles. The molecule has 0 aliphatic carbocycles. The van der Waals surface area contributed by atoms with Crippen molar-refractivity contribution < 1.29 is 42.1 Å². The monoisotopic (exact) mass is 731 g/mol. The molecule has 1 unspecified atom stereocenters. The van der Waals surface area contributed by atoms with Crippen molar-refractivity contribution in [2.24, 2.45) is 0 Å². The van der Waals surface area contributed by atoms with Gasteiger partial charge in [-0.1, -0.05) is 141 Å². The fourth-order valence-electron chi connectivity index (χ4n) is 5.26. The van der Waals surface area contributed by atoms with E-state index < -0.39 is 26.5 Å². The van der Waals surface area contributed by atoms with Crippen LogP contribution in [0.25, 0.3) is 0 Å². The van der Waals surface area contributed by atoms with Gasteiger partial charge in [0.15, 0.2) is 6.10 Å². The zero-order valence-corrected chi connectivity index (χ0v) is 33.8. The molecule has 0 radical (unpaired) electrons. The molecule has 0 amide bonds. The lowest BCUT2D eigenvalue weighted by molar-refractivity contribution is -0.870. The van der Waals surface area contributed by atoms with Crippen LogP contribution in [0.4, 0.5) is 0 Å². The summed E-state index contributed by atoms with van der Waals surface area (Å²) in [5.74, 6) is -0.813. The Morgan fingerprint density at radius 3 is 1.64 bits per heavy atom. The average molecular weight is 731 g/mol. The number of likely N-dealkylation sites (N-methyl/N-ethyl adjacent to an activating group) is 1. The van der Waals surface area contributed by atoms with Gasteiger partial charge < -0.3 is 18.9 Å². The van der Waals surface area contributed by atoms with Gasteiger partial charge in [-0.15, -0.1) is 0 Å². The predicted octanol–water partition coefficient (Wildman–Crippen LogP) is 10.8. The van der Waals surface area contributed by atoms with Crippen LogP contribution in [0, 0.1) is 0 Å². The van der Waals surface area contributed by atoms with Crippen LogP contribution in [-0.4, -0.2) is 74.9 Å². The minimum absolute atomic E-state index is 0.0303. The van der Waals surface area contributed by atoms with Crippen LogP contribution in [0.1, 0.15) is 168 Å². The highest BCUT2D eigenvalue weighted by molar-refractivity contribution is 7.47. The van der Waals surface area contributed by atoms with Gasteiger partial charge in [-0.2, -0.15) is 0 Å². The fraction of sp³-hybridized carbons (Fsp3) is 0.850. The van der Waals surface area contributed by atoms with E-state index in [2.05, 4.69) is 38.2 Å². The Morgan fingerprint density at radius 1 is 0.620 bits per heavy atom. The fourth-order valence-corrected chi connectivity index (χ4v) is 6.01. The van der Waals surface area contributed by atoms with Gasteiger partial charge in [0.2, 0.25) is 0 Å². The summed E-state index contributed by atoms with van der Waals surface area (Å²) in [6.45, 7) is 4.35. The van der Waals surface area contributed by atoms with Crippen molar-refractivity contribution in [2.75, 3.05) is 47.5 Å². The van der Waals surface area contributed by atoms with Gasteiger partial charge in [-0.25, -0.2) is 4.57 Å². The first-order valence-electron chi connectivity index (χ1n) is 20.1. The maximum Gasteiger partial charge on any atom is 0.472 e. The molecule has 2 atom stereocenters. The van der Waals surface area contributed by atoms with Crippen LogP contribution in [0.3, 0.4) is 0 Å². The van der Waals surface area contributed by atoms with Gasteiger partial charge in [-0.05, 0) is 38.5 Å². The van der Waals surface area contributed by atoms with Crippen LogP contribution in [-0.2, 0) is 32.7 Å². The molecule has 50 heavy (non-hydrogen) atoms. The van der Waals surface area contributed by atoms with E-state index in [1.165, 1.54) is 70.6 Å². The number of ether oxygens (including phenoxy) is 2. The highest BCUT2D eigenvalue weighted by atomic mass is 31.2. The molecule has 0 fully saturated rings. The molecule has 0 saturated carbocycles. The smallest absolute Gasteiger partial charge is 0.462 e. The largest absolute Gasteiger partial charge is 0.472 e. The SMILES string of the molecule is CCCC/C=C/C/C=C/CCCCCCCC(=O)O[C@H](COC(=O)CCCCCCCCCCCCCC)COP(=O)(O)OCC[N+](C)(C)C. The van der Waals surface area contributed by atoms with E-state index in [0.29, 0.717) is 17.4 Å². The van der Waals surface area contributed by atoms with Crippen LogP contribution in [0.5, 0.6) is 0 Å². The molecular weight excluding hydrogens is 653 g/mol. The first-order valence-corrected chi connectivity index (χ1v) is 21.6. The molecule has 0 aliphatic heterocycles. The predicted molar refractivity (Wildman–Crippen MR) is 206 cm³/mol. The van der Waals surface area contributed by atoms with Crippen molar-refractivity contribution in [3.63, 3.8) is 0 Å². The van der Waals surface area contributed by atoms with Crippen LogP contribution in [0.2, 0.25) is 0 Å². The normalized spacial score (nSPS) is 14.0. The summed E-state index contributed by atoms with van der Waals surface area (Å²) < 4.78 is 34.2. The zero-order chi connectivity index (χ0) is 37.2. The van der Waals surface area contributed by atoms with E-state index in [4.69, 9.17) is 18.5 Å². The Bertz CT molecular complexity index is 918. The van der Waals surface area contributed by atoms with Gasteiger partial charge in [0.25, 0.3) is 0 Å². The van der Waals surface area contributed by atoms with Crippen molar-refractivity contribution in [1.29, 1.82) is 0 Å². The van der Waals surface area contributed by atoms with Gasteiger partial charge in [-0.3, -0.25) is 18.6 Å². The van der Waals surface area contributed by atoms with Gasteiger partial charge in [0.05, 0.1) is 27.7 Å². The number of hydrogen-bond donors (Lipinski definition) is 1. The molecule has 0 bridgehead atoms. The van der Waals surface area contributed by atoms with E-state index in [0.717, 1.165) is 64.2 Å².